The van der Waals surface area contributed by atoms with Crippen LogP contribution < -0.4 is 0 Å². The molecule has 0 saturated carbocycles. The molecule has 0 atom stereocenters. The topological polar surface area (TPSA) is 26.3 Å². The van der Waals surface area contributed by atoms with Gasteiger partial charge in [-0.1, -0.05) is 30.3 Å². The van der Waals surface area contributed by atoms with Gasteiger partial charge in [0.25, 0.3) is 0 Å². The van der Waals surface area contributed by atoms with Crippen molar-refractivity contribution in [1.82, 2.24) is 0 Å². The highest BCUT2D eigenvalue weighted by atomic mass is 19.4. The van der Waals surface area contributed by atoms with E-state index in [9.17, 15) is 44.3 Å². The molecule has 0 fully saturated rings. The molecule has 0 saturated heterocycles. The van der Waals surface area contributed by atoms with Crippen molar-refractivity contribution in [2.45, 2.75) is 23.9 Å². The molecule has 1 rings (SSSR count). The van der Waals surface area contributed by atoms with Crippen molar-refractivity contribution in [2.75, 3.05) is 7.11 Å². The van der Waals surface area contributed by atoms with Crippen molar-refractivity contribution in [3.8, 4) is 0 Å². The van der Waals surface area contributed by atoms with Crippen molar-refractivity contribution in [2.24, 2.45) is 0 Å². The van der Waals surface area contributed by atoms with Gasteiger partial charge in [-0.15, -0.1) is 0 Å². The Morgan fingerprint density at radius 1 is 0.880 bits per heavy atom. The van der Waals surface area contributed by atoms with Gasteiger partial charge in [0.2, 0.25) is 0 Å². The van der Waals surface area contributed by atoms with Crippen molar-refractivity contribution < 1.29 is 49.0 Å². The molecule has 2 nitrogen and oxygen atoms in total. The number of ketones is 1. The Kier molecular flexibility index (Phi) is 5.50. The van der Waals surface area contributed by atoms with Crippen LogP contribution in [0.1, 0.15) is 10.4 Å². The van der Waals surface area contributed by atoms with Gasteiger partial charge in [-0.3, -0.25) is 4.79 Å². The molecule has 0 aliphatic carbocycles. The summed E-state index contributed by atoms with van der Waals surface area (Å²) in [6.07, 6.45) is -7.22. The second-order valence-electron chi connectivity index (χ2n) is 4.66. The van der Waals surface area contributed by atoms with Gasteiger partial charge >= 0.3 is 23.9 Å². The molecule has 0 aliphatic heterocycles. The quantitative estimate of drug-likeness (QED) is 0.305. The predicted octanol–water partition coefficient (Wildman–Crippen LogP) is 4.87. The van der Waals surface area contributed by atoms with E-state index in [1.807, 2.05) is 0 Å². The Morgan fingerprint density at radius 2 is 1.36 bits per heavy atom. The average Bonchev–Trinajstić information content (AvgIpc) is 2.51. The molecule has 11 heteroatoms. The highest BCUT2D eigenvalue weighted by Crippen LogP contribution is 2.55. The summed E-state index contributed by atoms with van der Waals surface area (Å²) in [6, 6.07) is 6.13. The normalized spacial score (nSPS) is 14.4. The van der Waals surface area contributed by atoms with Gasteiger partial charge in [0.1, 0.15) is 0 Å². The summed E-state index contributed by atoms with van der Waals surface area (Å²) in [5, 5.41) is 0. The second kappa shape index (κ2) is 6.60. The van der Waals surface area contributed by atoms with Crippen molar-refractivity contribution in [3.05, 3.63) is 47.7 Å². The molecule has 0 spiro atoms. The van der Waals surface area contributed by atoms with Gasteiger partial charge in [-0.2, -0.15) is 39.5 Å². The first-order chi connectivity index (χ1) is 11.2. The summed E-state index contributed by atoms with van der Waals surface area (Å²) in [4.78, 5) is 11.7. The first-order valence-electron chi connectivity index (χ1n) is 6.26. The molecule has 25 heavy (non-hydrogen) atoms. The fourth-order valence-electron chi connectivity index (χ4n) is 1.61. The van der Waals surface area contributed by atoms with E-state index < -0.39 is 35.5 Å². The fraction of sp³-hybridized carbons (Fsp3) is 0.357. The van der Waals surface area contributed by atoms with Gasteiger partial charge in [0, 0.05) is 11.6 Å². The Morgan fingerprint density at radius 3 is 1.76 bits per heavy atom. The van der Waals surface area contributed by atoms with Crippen LogP contribution >= 0.6 is 0 Å². The van der Waals surface area contributed by atoms with Gasteiger partial charge in [0.15, 0.2) is 11.5 Å². The van der Waals surface area contributed by atoms with Crippen LogP contribution in [0.3, 0.4) is 0 Å². The Bertz CT molecular complexity index is 648. The third kappa shape index (κ3) is 3.59. The van der Waals surface area contributed by atoms with Crippen molar-refractivity contribution >= 4 is 5.78 Å². The zero-order valence-electron chi connectivity index (χ0n) is 12.2. The average molecular weight is 380 g/mol. The summed E-state index contributed by atoms with van der Waals surface area (Å²) in [7, 11) is 0.319. The highest BCUT2D eigenvalue weighted by molar-refractivity contribution is 6.04. The van der Waals surface area contributed by atoms with E-state index >= 15 is 0 Å². The van der Waals surface area contributed by atoms with E-state index in [1.165, 1.54) is 18.2 Å². The molecule has 140 valence electrons. The minimum atomic E-state index is -7.07. The summed E-state index contributed by atoms with van der Waals surface area (Å²) < 4.78 is 120. The maximum Gasteiger partial charge on any atom is 0.460 e. The molecule has 1 aromatic carbocycles. The summed E-state index contributed by atoms with van der Waals surface area (Å²) in [5.41, 5.74) is -0.307. The number of hydrogen-bond donors (Lipinski definition) is 0. The number of allylic oxidation sites excluding steroid dienone is 2. The highest BCUT2D eigenvalue weighted by Gasteiger charge is 2.83. The van der Waals surface area contributed by atoms with Crippen LogP contribution in [0.5, 0.6) is 0 Å². The largest absolute Gasteiger partial charge is 0.494 e. The lowest BCUT2D eigenvalue weighted by Crippen LogP contribution is -2.61. The van der Waals surface area contributed by atoms with E-state index in [-0.39, 0.29) is 11.6 Å². The number of ether oxygens (including phenoxy) is 1. The maximum absolute atomic E-state index is 13.7. The Balaban J connectivity index is 3.37. The van der Waals surface area contributed by atoms with Crippen molar-refractivity contribution in [1.29, 1.82) is 0 Å². The molecule has 0 heterocycles. The van der Waals surface area contributed by atoms with E-state index in [0.717, 1.165) is 12.1 Å². The number of hydrogen-bond acceptors (Lipinski definition) is 2. The van der Waals surface area contributed by atoms with Crippen LogP contribution in [0, 0.1) is 0 Å². The number of rotatable bonds is 6. The molecule has 0 radical (unpaired) electrons. The lowest BCUT2D eigenvalue weighted by molar-refractivity contribution is -0.393. The monoisotopic (exact) mass is 380 g/mol. The third-order valence-corrected chi connectivity index (χ3v) is 2.99. The first-order valence-corrected chi connectivity index (χ1v) is 6.26. The Hall–Kier alpha value is -2.20. The number of methoxy groups -OCH3 is 1. The molecule has 0 amide bonds. The van der Waals surface area contributed by atoms with Crippen LogP contribution in [0.25, 0.3) is 0 Å². The molecule has 0 aromatic heterocycles. The molecular formula is C14H9F9O2. The van der Waals surface area contributed by atoms with E-state index in [4.69, 9.17) is 0 Å². The van der Waals surface area contributed by atoms with Gasteiger partial charge in [-0.25, -0.2) is 0 Å². The lowest BCUT2D eigenvalue weighted by atomic mass is 10.0. The first kappa shape index (κ1) is 20.8. The zero-order valence-corrected chi connectivity index (χ0v) is 12.2. The molecule has 0 bridgehead atoms. The Labute approximate surface area is 134 Å². The number of alkyl halides is 9. The van der Waals surface area contributed by atoms with E-state index in [1.54, 1.807) is 0 Å². The summed E-state index contributed by atoms with van der Waals surface area (Å²) >= 11 is 0. The number of carbonyl (C=O) groups excluding carboxylic acids is 1. The molecular weight excluding hydrogens is 371 g/mol. The van der Waals surface area contributed by atoms with E-state index in [0.29, 0.717) is 7.11 Å². The maximum atomic E-state index is 13.7. The molecule has 0 N–H and O–H groups in total. The molecule has 0 aliphatic rings. The second-order valence-corrected chi connectivity index (χ2v) is 4.66. The zero-order chi connectivity index (χ0) is 19.7. The lowest BCUT2D eigenvalue weighted by Gasteiger charge is -2.34. The molecule has 0 unspecified atom stereocenters. The van der Waals surface area contributed by atoms with E-state index in [2.05, 4.69) is 4.74 Å². The number of halogens is 9. The molecule has 1 aromatic rings. The summed E-state index contributed by atoms with van der Waals surface area (Å²) in [5.74, 6) is -23.8. The van der Waals surface area contributed by atoms with Crippen LogP contribution in [0.4, 0.5) is 39.5 Å². The third-order valence-electron chi connectivity index (χ3n) is 2.99. The summed E-state index contributed by atoms with van der Waals surface area (Å²) in [6.45, 7) is 0. The van der Waals surface area contributed by atoms with Crippen LogP contribution in [0.15, 0.2) is 42.2 Å². The smallest absolute Gasteiger partial charge is 0.460 e. The fourth-order valence-corrected chi connectivity index (χ4v) is 1.61. The predicted molar refractivity (Wildman–Crippen MR) is 66.8 cm³/mol. The van der Waals surface area contributed by atoms with Gasteiger partial charge in [-0.05, 0) is 0 Å². The van der Waals surface area contributed by atoms with Gasteiger partial charge < -0.3 is 4.74 Å². The van der Waals surface area contributed by atoms with Crippen LogP contribution in [-0.2, 0) is 4.74 Å². The van der Waals surface area contributed by atoms with Gasteiger partial charge in [0.05, 0.1) is 7.11 Å². The van der Waals surface area contributed by atoms with Crippen molar-refractivity contribution in [3.63, 3.8) is 0 Å². The number of benzene rings is 1. The van der Waals surface area contributed by atoms with Crippen LogP contribution in [-0.4, -0.2) is 36.8 Å². The minimum Gasteiger partial charge on any atom is -0.494 e. The minimum absolute atomic E-state index is 0.268. The van der Waals surface area contributed by atoms with Crippen LogP contribution in [0.2, 0.25) is 0 Å². The SMILES string of the molecule is CO/C(=C\C(=O)c1ccccc1)C(F)(F)C(F)(F)C(F)(F)C(F)(F)F. The standard InChI is InChI=1S/C14H9F9O2/c1-25-10(7-9(24)8-5-3-2-4-6-8)11(15,16)12(17,18)13(19,20)14(21,22)23/h2-7H,1H3/b10-7-. The number of carbonyl (C=O) groups is 1.